The van der Waals surface area contributed by atoms with Gasteiger partial charge in [0.15, 0.2) is 11.5 Å². The lowest BCUT2D eigenvalue weighted by molar-refractivity contribution is -0.117. The standard InChI is InChI=1S/C28H33N3O6/c1-18(32)7-6-12-29-16-23-26(33-3)30-28(31-27(23)34-4)37-17-21-8-5-9-22(19(21)2)20-10-11-24-25(15-20)36-14-13-35-24/h5,8-11,15,29H,6-7,12-14,16-17H2,1-4H3. The van der Waals surface area contributed by atoms with Gasteiger partial charge < -0.3 is 33.8 Å². The van der Waals surface area contributed by atoms with E-state index >= 15 is 0 Å². The van der Waals surface area contributed by atoms with Gasteiger partial charge in [-0.1, -0.05) is 24.3 Å². The number of carbonyl (C=O) groups is 1. The second kappa shape index (κ2) is 12.4. The Morgan fingerprint density at radius 2 is 1.76 bits per heavy atom. The SMILES string of the molecule is COc1nc(OCc2cccc(-c3ccc4c(c3)OCCO4)c2C)nc(OC)c1CNCCCC(C)=O. The van der Waals surface area contributed by atoms with Crippen LogP contribution in [-0.2, 0) is 17.9 Å². The fourth-order valence-corrected chi connectivity index (χ4v) is 4.16. The van der Waals surface area contributed by atoms with Crippen LogP contribution in [-0.4, -0.2) is 49.7 Å². The summed E-state index contributed by atoms with van der Waals surface area (Å²) in [6, 6.07) is 12.2. The molecule has 0 aliphatic carbocycles. The van der Waals surface area contributed by atoms with Crippen LogP contribution in [0.3, 0.4) is 0 Å². The number of hydrogen-bond donors (Lipinski definition) is 1. The van der Waals surface area contributed by atoms with E-state index in [0.29, 0.717) is 50.0 Å². The predicted octanol–water partition coefficient (Wildman–Crippen LogP) is 4.28. The molecule has 4 rings (SSSR count). The lowest BCUT2D eigenvalue weighted by atomic mass is 9.96. The first-order chi connectivity index (χ1) is 18.0. The molecule has 3 aromatic rings. The molecule has 1 aliphatic rings. The van der Waals surface area contributed by atoms with Crippen molar-refractivity contribution in [1.82, 2.24) is 15.3 Å². The van der Waals surface area contributed by atoms with Gasteiger partial charge in [-0.05, 0) is 61.2 Å². The zero-order valence-electron chi connectivity index (χ0n) is 21.8. The van der Waals surface area contributed by atoms with Crippen LogP contribution >= 0.6 is 0 Å². The number of Topliss-reactive ketones (excluding diaryl/α,β-unsaturated/α-hetero) is 1. The van der Waals surface area contributed by atoms with Gasteiger partial charge in [-0.25, -0.2) is 0 Å². The molecule has 0 atom stereocenters. The molecule has 196 valence electrons. The van der Waals surface area contributed by atoms with Crippen LogP contribution in [0.4, 0.5) is 0 Å². The summed E-state index contributed by atoms with van der Waals surface area (Å²) in [5.74, 6) is 2.45. The van der Waals surface area contributed by atoms with E-state index in [4.69, 9.17) is 23.7 Å². The van der Waals surface area contributed by atoms with Crippen LogP contribution in [0.15, 0.2) is 36.4 Å². The lowest BCUT2D eigenvalue weighted by Gasteiger charge is -2.19. The minimum Gasteiger partial charge on any atom is -0.486 e. The van der Waals surface area contributed by atoms with Crippen molar-refractivity contribution in [3.05, 3.63) is 53.1 Å². The van der Waals surface area contributed by atoms with Crippen molar-refractivity contribution in [2.45, 2.75) is 39.8 Å². The molecule has 9 heteroatoms. The summed E-state index contributed by atoms with van der Waals surface area (Å²) in [4.78, 5) is 20.0. The topological polar surface area (TPSA) is 101 Å². The monoisotopic (exact) mass is 507 g/mol. The Morgan fingerprint density at radius 3 is 2.46 bits per heavy atom. The Hall–Kier alpha value is -3.85. The van der Waals surface area contributed by atoms with Crippen molar-refractivity contribution in [3.63, 3.8) is 0 Å². The number of nitrogens with zero attached hydrogens (tertiary/aromatic N) is 2. The largest absolute Gasteiger partial charge is 0.486 e. The van der Waals surface area contributed by atoms with E-state index < -0.39 is 0 Å². The van der Waals surface area contributed by atoms with Gasteiger partial charge in [-0.2, -0.15) is 9.97 Å². The number of ketones is 1. The van der Waals surface area contributed by atoms with Gasteiger partial charge in [0.25, 0.3) is 0 Å². The van der Waals surface area contributed by atoms with Gasteiger partial charge in [0.1, 0.15) is 25.6 Å². The van der Waals surface area contributed by atoms with Crippen molar-refractivity contribution >= 4 is 5.78 Å². The number of methoxy groups -OCH3 is 2. The average Bonchev–Trinajstić information content (AvgIpc) is 2.91. The minimum atomic E-state index is 0.165. The average molecular weight is 508 g/mol. The van der Waals surface area contributed by atoms with Crippen molar-refractivity contribution in [1.29, 1.82) is 0 Å². The number of rotatable bonds is 12. The summed E-state index contributed by atoms with van der Waals surface area (Å²) in [6.45, 7) is 6.17. The van der Waals surface area contributed by atoms with Gasteiger partial charge in [0.2, 0.25) is 11.8 Å². The molecule has 1 N–H and O–H groups in total. The third-order valence-electron chi connectivity index (χ3n) is 6.14. The van der Waals surface area contributed by atoms with E-state index in [0.717, 1.165) is 40.2 Å². The van der Waals surface area contributed by atoms with Gasteiger partial charge >= 0.3 is 6.01 Å². The van der Waals surface area contributed by atoms with Crippen LogP contribution in [0.25, 0.3) is 11.1 Å². The van der Waals surface area contributed by atoms with E-state index in [1.807, 2.05) is 30.3 Å². The maximum absolute atomic E-state index is 11.1. The first-order valence-electron chi connectivity index (χ1n) is 12.3. The van der Waals surface area contributed by atoms with Crippen molar-refractivity contribution in [2.75, 3.05) is 34.0 Å². The fraction of sp³-hybridized carbons (Fsp3) is 0.393. The number of benzene rings is 2. The number of fused-ring (bicyclic) bond motifs is 1. The van der Waals surface area contributed by atoms with Crippen molar-refractivity contribution < 1.29 is 28.5 Å². The van der Waals surface area contributed by atoms with E-state index in [2.05, 4.69) is 28.3 Å². The third-order valence-corrected chi connectivity index (χ3v) is 6.14. The zero-order valence-corrected chi connectivity index (χ0v) is 21.8. The number of hydrogen-bond acceptors (Lipinski definition) is 9. The predicted molar refractivity (Wildman–Crippen MR) is 139 cm³/mol. The van der Waals surface area contributed by atoms with Gasteiger partial charge in [0.05, 0.1) is 19.8 Å². The molecular formula is C28H33N3O6. The van der Waals surface area contributed by atoms with Crippen LogP contribution < -0.4 is 29.0 Å². The highest BCUT2D eigenvalue weighted by atomic mass is 16.6. The van der Waals surface area contributed by atoms with E-state index in [9.17, 15) is 4.79 Å². The van der Waals surface area contributed by atoms with Crippen LogP contribution in [0.1, 0.15) is 36.5 Å². The quantitative estimate of drug-likeness (QED) is 0.360. The highest BCUT2D eigenvalue weighted by Gasteiger charge is 2.18. The van der Waals surface area contributed by atoms with Gasteiger partial charge in [-0.3, -0.25) is 0 Å². The summed E-state index contributed by atoms with van der Waals surface area (Å²) in [5, 5.41) is 3.28. The molecule has 0 spiro atoms. The maximum Gasteiger partial charge on any atom is 0.323 e. The molecule has 0 bridgehead atoms. The second-order valence-corrected chi connectivity index (χ2v) is 8.72. The normalized spacial score (nSPS) is 12.2. The number of aromatic nitrogens is 2. The van der Waals surface area contributed by atoms with Gasteiger partial charge in [0, 0.05) is 13.0 Å². The molecular weight excluding hydrogens is 474 g/mol. The van der Waals surface area contributed by atoms with Crippen LogP contribution in [0.2, 0.25) is 0 Å². The molecule has 0 amide bonds. The molecule has 37 heavy (non-hydrogen) atoms. The molecule has 9 nitrogen and oxygen atoms in total. The molecule has 2 aromatic carbocycles. The lowest BCUT2D eigenvalue weighted by Crippen LogP contribution is -2.18. The summed E-state index contributed by atoms with van der Waals surface area (Å²) in [7, 11) is 3.09. The summed E-state index contributed by atoms with van der Waals surface area (Å²) in [5.41, 5.74) is 4.91. The first-order valence-corrected chi connectivity index (χ1v) is 12.3. The Kier molecular flexibility index (Phi) is 8.79. The molecule has 0 fully saturated rings. The van der Waals surface area contributed by atoms with Crippen LogP contribution in [0, 0.1) is 6.92 Å². The highest BCUT2D eigenvalue weighted by molar-refractivity contribution is 5.75. The molecule has 0 saturated carbocycles. The van der Waals surface area contributed by atoms with Crippen LogP contribution in [0.5, 0.6) is 29.3 Å². The Labute approximate surface area is 217 Å². The van der Waals surface area contributed by atoms with E-state index in [-0.39, 0.29) is 18.4 Å². The maximum atomic E-state index is 11.1. The van der Waals surface area contributed by atoms with Gasteiger partial charge in [-0.15, -0.1) is 0 Å². The molecule has 0 unspecified atom stereocenters. The Morgan fingerprint density at radius 1 is 1.03 bits per heavy atom. The Bertz CT molecular complexity index is 1220. The zero-order chi connectivity index (χ0) is 26.2. The molecule has 1 aromatic heterocycles. The minimum absolute atomic E-state index is 0.165. The van der Waals surface area contributed by atoms with E-state index in [1.165, 1.54) is 0 Å². The van der Waals surface area contributed by atoms with E-state index in [1.54, 1.807) is 21.1 Å². The molecule has 0 saturated heterocycles. The van der Waals surface area contributed by atoms with Crippen molar-refractivity contribution in [2.24, 2.45) is 0 Å². The Balaban J connectivity index is 1.47. The summed E-state index contributed by atoms with van der Waals surface area (Å²) < 4.78 is 28.4. The summed E-state index contributed by atoms with van der Waals surface area (Å²) in [6.07, 6.45) is 1.30. The third kappa shape index (κ3) is 6.48. The second-order valence-electron chi connectivity index (χ2n) is 8.72. The highest BCUT2D eigenvalue weighted by Crippen LogP contribution is 2.36. The van der Waals surface area contributed by atoms with Crippen molar-refractivity contribution in [3.8, 4) is 40.4 Å². The number of ether oxygens (including phenoxy) is 5. The smallest absolute Gasteiger partial charge is 0.323 e. The first kappa shape index (κ1) is 26.2. The molecule has 0 radical (unpaired) electrons. The number of nitrogens with one attached hydrogen (secondary N) is 1. The number of carbonyl (C=O) groups excluding carboxylic acids is 1. The fourth-order valence-electron chi connectivity index (χ4n) is 4.16. The molecule has 1 aliphatic heterocycles. The summed E-state index contributed by atoms with van der Waals surface area (Å²) >= 11 is 0. The molecule has 2 heterocycles.